The van der Waals surface area contributed by atoms with E-state index in [4.69, 9.17) is 8.83 Å². The molecule has 3 aromatic rings. The number of carboxylic acids is 1. The number of aryl methyl sites for hydroxylation is 2. The zero-order chi connectivity index (χ0) is 21.1. The number of carboxylic acid groups (broad SMARTS) is 1. The van der Waals surface area contributed by atoms with Crippen molar-refractivity contribution in [3.8, 4) is 0 Å². The molecular weight excluding hydrogens is 374 g/mol. The van der Waals surface area contributed by atoms with Crippen molar-refractivity contribution in [3.63, 3.8) is 0 Å². The number of furan rings is 1. The molecule has 29 heavy (non-hydrogen) atoms. The van der Waals surface area contributed by atoms with Crippen molar-refractivity contribution in [3.05, 3.63) is 45.5 Å². The summed E-state index contributed by atoms with van der Waals surface area (Å²) in [6.45, 7) is 5.69. The van der Waals surface area contributed by atoms with Crippen LogP contribution < -0.4 is 16.0 Å². The smallest absolute Gasteiger partial charge is 0.339 e. The van der Waals surface area contributed by atoms with Gasteiger partial charge in [0.25, 0.3) is 0 Å². The second-order valence-electron chi connectivity index (χ2n) is 7.34. The van der Waals surface area contributed by atoms with Crippen LogP contribution in [0.25, 0.3) is 21.9 Å². The van der Waals surface area contributed by atoms with E-state index in [0.29, 0.717) is 29.6 Å². The number of fused-ring (bicyclic) bond motifs is 2. The van der Waals surface area contributed by atoms with E-state index in [1.807, 2.05) is 26.8 Å². The quantitative estimate of drug-likeness (QED) is 0.584. The molecule has 154 valence electrons. The van der Waals surface area contributed by atoms with Gasteiger partial charge < -0.3 is 24.1 Å². The van der Waals surface area contributed by atoms with Gasteiger partial charge in [-0.25, -0.2) is 4.79 Å². The van der Waals surface area contributed by atoms with E-state index >= 15 is 0 Å². The van der Waals surface area contributed by atoms with Gasteiger partial charge in [0, 0.05) is 28.8 Å². The van der Waals surface area contributed by atoms with Crippen LogP contribution in [0, 0.1) is 13.8 Å². The van der Waals surface area contributed by atoms with Crippen molar-refractivity contribution in [1.29, 1.82) is 0 Å². The van der Waals surface area contributed by atoms with Gasteiger partial charge in [-0.3, -0.25) is 4.79 Å². The molecule has 0 aliphatic rings. The summed E-state index contributed by atoms with van der Waals surface area (Å²) in [5, 5.41) is 15.4. The van der Waals surface area contributed by atoms with Crippen LogP contribution in [0.15, 0.2) is 32.0 Å². The first-order valence-electron chi connectivity index (χ1n) is 9.76. The van der Waals surface area contributed by atoms with Crippen LogP contribution in [-0.4, -0.2) is 17.9 Å². The Hall–Kier alpha value is -3.09. The molecule has 1 N–H and O–H groups in total. The molecule has 1 amide bonds. The lowest BCUT2D eigenvalue weighted by Crippen LogP contribution is -2.47. The molecule has 0 radical (unpaired) electrons. The highest BCUT2D eigenvalue weighted by atomic mass is 16.4. The van der Waals surface area contributed by atoms with Crippen LogP contribution >= 0.6 is 0 Å². The Labute approximate surface area is 167 Å². The number of carbonyl (C=O) groups is 2. The molecule has 0 fully saturated rings. The minimum atomic E-state index is -1.30. The average molecular weight is 398 g/mol. The lowest BCUT2D eigenvalue weighted by molar-refractivity contribution is -0.308. The van der Waals surface area contributed by atoms with Gasteiger partial charge >= 0.3 is 5.63 Å². The number of unbranched alkanes of at least 4 members (excludes halogenated alkanes) is 1. The highest BCUT2D eigenvalue weighted by Gasteiger charge is 2.17. The summed E-state index contributed by atoms with van der Waals surface area (Å²) in [5.74, 6) is -1.73. The van der Waals surface area contributed by atoms with Crippen LogP contribution in [0.4, 0.5) is 0 Å². The first-order valence-corrected chi connectivity index (χ1v) is 9.76. The van der Waals surface area contributed by atoms with Crippen molar-refractivity contribution in [2.24, 2.45) is 0 Å². The van der Waals surface area contributed by atoms with Crippen molar-refractivity contribution in [2.45, 2.75) is 58.9 Å². The standard InChI is InChI=1S/C22H25NO6/c1-4-5-6-17(21(25)26)23-20(24)8-7-14-13(3)16-9-15-12(2)11-28-18(15)10-19(16)29-22(14)27/h9-11,17H,4-8H2,1-3H3,(H,23,24)(H,25,26)/p-1/t17-/m0/s1. The Morgan fingerprint density at radius 2 is 1.93 bits per heavy atom. The first-order chi connectivity index (χ1) is 13.8. The molecule has 1 atom stereocenters. The lowest BCUT2D eigenvalue weighted by Gasteiger charge is -2.19. The summed E-state index contributed by atoms with van der Waals surface area (Å²) in [4.78, 5) is 35.8. The number of carbonyl (C=O) groups excluding carboxylic acids is 2. The highest BCUT2D eigenvalue weighted by molar-refractivity contribution is 5.96. The second kappa shape index (κ2) is 8.51. The molecule has 1 aromatic carbocycles. The number of amides is 1. The lowest BCUT2D eigenvalue weighted by atomic mass is 10.0. The molecular formula is C22H24NO6-. The maximum atomic E-state index is 12.4. The summed E-state index contributed by atoms with van der Waals surface area (Å²) >= 11 is 0. The zero-order valence-corrected chi connectivity index (χ0v) is 16.8. The highest BCUT2D eigenvalue weighted by Crippen LogP contribution is 2.29. The normalized spacial score (nSPS) is 12.4. The van der Waals surface area contributed by atoms with E-state index in [9.17, 15) is 19.5 Å². The van der Waals surface area contributed by atoms with E-state index in [1.54, 1.807) is 12.3 Å². The van der Waals surface area contributed by atoms with Gasteiger partial charge in [0.05, 0.1) is 18.3 Å². The molecule has 0 aliphatic heterocycles. The molecule has 0 spiro atoms. The largest absolute Gasteiger partial charge is 0.548 e. The minimum Gasteiger partial charge on any atom is -0.548 e. The van der Waals surface area contributed by atoms with Gasteiger partial charge in [-0.1, -0.05) is 19.8 Å². The first kappa shape index (κ1) is 20.6. The fourth-order valence-electron chi connectivity index (χ4n) is 3.49. The number of aliphatic carboxylic acids is 1. The van der Waals surface area contributed by atoms with Crippen LogP contribution in [0.3, 0.4) is 0 Å². The Bertz CT molecular complexity index is 1120. The van der Waals surface area contributed by atoms with E-state index < -0.39 is 23.5 Å². The van der Waals surface area contributed by atoms with Crippen molar-refractivity contribution in [2.75, 3.05) is 0 Å². The van der Waals surface area contributed by atoms with Crippen molar-refractivity contribution < 1.29 is 23.5 Å². The molecule has 0 unspecified atom stereocenters. The molecule has 3 rings (SSSR count). The maximum Gasteiger partial charge on any atom is 0.339 e. The molecule has 0 saturated carbocycles. The van der Waals surface area contributed by atoms with E-state index in [2.05, 4.69) is 5.32 Å². The van der Waals surface area contributed by atoms with E-state index in [0.717, 1.165) is 28.3 Å². The third kappa shape index (κ3) is 4.34. The average Bonchev–Trinajstić information content (AvgIpc) is 3.03. The summed E-state index contributed by atoms with van der Waals surface area (Å²) in [6.07, 6.45) is 3.61. The molecule has 7 heteroatoms. The van der Waals surface area contributed by atoms with Crippen LogP contribution in [0.5, 0.6) is 0 Å². The van der Waals surface area contributed by atoms with Crippen LogP contribution in [0.2, 0.25) is 0 Å². The third-order valence-electron chi connectivity index (χ3n) is 5.24. The van der Waals surface area contributed by atoms with E-state index in [-0.39, 0.29) is 12.8 Å². The predicted octanol–water partition coefficient (Wildman–Crippen LogP) is 2.51. The Morgan fingerprint density at radius 1 is 1.17 bits per heavy atom. The minimum absolute atomic E-state index is 0.0139. The summed E-state index contributed by atoms with van der Waals surface area (Å²) in [5.41, 5.74) is 2.70. The maximum absolute atomic E-state index is 12.4. The third-order valence-corrected chi connectivity index (χ3v) is 5.24. The fourth-order valence-corrected chi connectivity index (χ4v) is 3.49. The van der Waals surface area contributed by atoms with Gasteiger partial charge in [-0.2, -0.15) is 0 Å². The summed E-state index contributed by atoms with van der Waals surface area (Å²) in [6, 6.07) is 2.59. The molecule has 0 aliphatic carbocycles. The molecule has 7 nitrogen and oxygen atoms in total. The Morgan fingerprint density at radius 3 is 2.62 bits per heavy atom. The Kier molecular flexibility index (Phi) is 6.06. The van der Waals surface area contributed by atoms with Crippen molar-refractivity contribution in [1.82, 2.24) is 5.32 Å². The number of rotatable bonds is 8. The molecule has 2 heterocycles. The SMILES string of the molecule is CCCC[C@H](NC(=O)CCc1c(C)c2cc3c(C)coc3cc2oc1=O)C(=O)[O-]. The Balaban J connectivity index is 1.81. The second-order valence-corrected chi connectivity index (χ2v) is 7.34. The van der Waals surface area contributed by atoms with Gasteiger partial charge in [0.1, 0.15) is 11.2 Å². The van der Waals surface area contributed by atoms with Crippen LogP contribution in [0.1, 0.15) is 49.3 Å². The van der Waals surface area contributed by atoms with Gasteiger partial charge in [-0.05, 0) is 43.9 Å². The van der Waals surface area contributed by atoms with Gasteiger partial charge in [0.2, 0.25) is 5.91 Å². The molecule has 0 saturated heterocycles. The number of benzene rings is 1. The topological polar surface area (TPSA) is 113 Å². The summed E-state index contributed by atoms with van der Waals surface area (Å²) in [7, 11) is 0. The summed E-state index contributed by atoms with van der Waals surface area (Å²) < 4.78 is 10.9. The number of hydrogen-bond donors (Lipinski definition) is 1. The van der Waals surface area contributed by atoms with Gasteiger partial charge in [-0.15, -0.1) is 0 Å². The number of nitrogens with one attached hydrogen (secondary N) is 1. The predicted molar refractivity (Wildman–Crippen MR) is 107 cm³/mol. The van der Waals surface area contributed by atoms with Crippen molar-refractivity contribution >= 4 is 33.8 Å². The molecule has 0 bridgehead atoms. The monoisotopic (exact) mass is 398 g/mol. The van der Waals surface area contributed by atoms with Crippen LogP contribution in [-0.2, 0) is 16.0 Å². The zero-order valence-electron chi connectivity index (χ0n) is 16.8. The van der Waals surface area contributed by atoms with Gasteiger partial charge in [0.15, 0.2) is 0 Å². The number of hydrogen-bond acceptors (Lipinski definition) is 6. The van der Waals surface area contributed by atoms with E-state index in [1.165, 1.54) is 0 Å². The molecule has 2 aromatic heterocycles. The fraction of sp³-hybridized carbons (Fsp3) is 0.409.